The van der Waals surface area contributed by atoms with Gasteiger partial charge in [0.25, 0.3) is 0 Å². The second-order valence-electron chi connectivity index (χ2n) is 2.50. The standard InChI is InChI=1S/C7H10ClNO2/c1-2-5(8)9-6(10)3-4-7(9)11/h5H,2-4H2,1H3. The van der Waals surface area contributed by atoms with Crippen molar-refractivity contribution < 1.29 is 9.59 Å². The van der Waals surface area contributed by atoms with Gasteiger partial charge in [0.05, 0.1) is 0 Å². The first-order chi connectivity index (χ1) is 5.16. The van der Waals surface area contributed by atoms with Gasteiger partial charge in [0.2, 0.25) is 11.8 Å². The number of rotatable bonds is 2. The summed E-state index contributed by atoms with van der Waals surface area (Å²) in [6.07, 6.45) is 1.25. The average Bonchev–Trinajstić information content (AvgIpc) is 2.30. The number of alkyl halides is 1. The third-order valence-corrected chi connectivity index (χ3v) is 2.21. The first-order valence-corrected chi connectivity index (χ1v) is 4.09. The van der Waals surface area contributed by atoms with E-state index >= 15 is 0 Å². The maximum atomic E-state index is 11.0. The monoisotopic (exact) mass is 175 g/mol. The van der Waals surface area contributed by atoms with Crippen LogP contribution in [0.3, 0.4) is 0 Å². The molecule has 0 N–H and O–H groups in total. The van der Waals surface area contributed by atoms with Gasteiger partial charge in [0.15, 0.2) is 0 Å². The van der Waals surface area contributed by atoms with Gasteiger partial charge in [0.1, 0.15) is 5.50 Å². The molecule has 1 rings (SSSR count). The van der Waals surface area contributed by atoms with Crippen LogP contribution >= 0.6 is 11.6 Å². The lowest BCUT2D eigenvalue weighted by molar-refractivity contribution is -0.139. The Morgan fingerprint density at radius 1 is 1.45 bits per heavy atom. The normalized spacial score (nSPS) is 21.1. The molecule has 0 aromatic heterocycles. The molecule has 0 spiro atoms. The average molecular weight is 176 g/mol. The van der Waals surface area contributed by atoms with Crippen molar-refractivity contribution in [2.45, 2.75) is 31.7 Å². The minimum Gasteiger partial charge on any atom is -0.274 e. The molecule has 0 aliphatic carbocycles. The zero-order valence-electron chi connectivity index (χ0n) is 6.34. The summed E-state index contributed by atoms with van der Waals surface area (Å²) in [5, 5.41) is 0. The van der Waals surface area contributed by atoms with Gasteiger partial charge in [-0.1, -0.05) is 18.5 Å². The Bertz CT molecular complexity index is 177. The molecule has 11 heavy (non-hydrogen) atoms. The van der Waals surface area contributed by atoms with Crippen LogP contribution < -0.4 is 0 Å². The number of carbonyl (C=O) groups excluding carboxylic acids is 2. The van der Waals surface area contributed by atoms with Gasteiger partial charge >= 0.3 is 0 Å². The highest BCUT2D eigenvalue weighted by Gasteiger charge is 2.32. The highest BCUT2D eigenvalue weighted by atomic mass is 35.5. The number of hydrogen-bond acceptors (Lipinski definition) is 2. The van der Waals surface area contributed by atoms with Gasteiger partial charge < -0.3 is 0 Å². The maximum absolute atomic E-state index is 11.0. The highest BCUT2D eigenvalue weighted by Crippen LogP contribution is 2.19. The fourth-order valence-corrected chi connectivity index (χ4v) is 1.31. The molecule has 0 aromatic rings. The molecule has 62 valence electrons. The van der Waals surface area contributed by atoms with Crippen molar-refractivity contribution in [1.29, 1.82) is 0 Å². The Morgan fingerprint density at radius 2 is 1.91 bits per heavy atom. The number of imide groups is 1. The predicted octanol–water partition coefficient (Wildman–Crippen LogP) is 1.11. The summed E-state index contributed by atoms with van der Waals surface area (Å²) in [5.41, 5.74) is -0.447. The zero-order chi connectivity index (χ0) is 8.43. The summed E-state index contributed by atoms with van der Waals surface area (Å²) in [6.45, 7) is 1.84. The molecule has 1 aliphatic heterocycles. The van der Waals surface area contributed by atoms with Crippen LogP contribution in [0.25, 0.3) is 0 Å². The van der Waals surface area contributed by atoms with Crippen LogP contribution in [0.5, 0.6) is 0 Å². The van der Waals surface area contributed by atoms with E-state index in [9.17, 15) is 9.59 Å². The van der Waals surface area contributed by atoms with Crippen LogP contribution in [0.1, 0.15) is 26.2 Å². The summed E-state index contributed by atoms with van der Waals surface area (Å²) in [4.78, 5) is 23.2. The molecular weight excluding hydrogens is 166 g/mol. The second kappa shape index (κ2) is 3.22. The van der Waals surface area contributed by atoms with Crippen molar-refractivity contribution in [2.24, 2.45) is 0 Å². The van der Waals surface area contributed by atoms with E-state index < -0.39 is 5.50 Å². The third-order valence-electron chi connectivity index (χ3n) is 1.71. The topological polar surface area (TPSA) is 37.4 Å². The van der Waals surface area contributed by atoms with Gasteiger partial charge in [0, 0.05) is 12.8 Å². The van der Waals surface area contributed by atoms with E-state index in [4.69, 9.17) is 11.6 Å². The number of hydrogen-bond donors (Lipinski definition) is 0. The van der Waals surface area contributed by atoms with E-state index in [0.717, 1.165) is 4.90 Å². The van der Waals surface area contributed by atoms with Crippen molar-refractivity contribution >= 4 is 23.4 Å². The van der Waals surface area contributed by atoms with Gasteiger partial charge in [-0.3, -0.25) is 14.5 Å². The molecule has 2 amide bonds. The Labute approximate surface area is 70.3 Å². The smallest absolute Gasteiger partial charge is 0.230 e. The van der Waals surface area contributed by atoms with Gasteiger partial charge in [-0.25, -0.2) is 0 Å². The fraction of sp³-hybridized carbons (Fsp3) is 0.714. The van der Waals surface area contributed by atoms with Crippen LogP contribution in [0.15, 0.2) is 0 Å². The SMILES string of the molecule is CCC(Cl)N1C(=O)CCC1=O. The summed E-state index contributed by atoms with van der Waals surface area (Å²) in [7, 11) is 0. The number of amides is 2. The highest BCUT2D eigenvalue weighted by molar-refractivity contribution is 6.23. The largest absolute Gasteiger partial charge is 0.274 e. The number of nitrogens with zero attached hydrogens (tertiary/aromatic N) is 1. The van der Waals surface area contributed by atoms with Crippen LogP contribution in [0.4, 0.5) is 0 Å². The van der Waals surface area contributed by atoms with E-state index in [1.165, 1.54) is 0 Å². The quantitative estimate of drug-likeness (QED) is 0.358. The molecule has 1 saturated heterocycles. The van der Waals surface area contributed by atoms with Crippen LogP contribution in [-0.2, 0) is 9.59 Å². The molecule has 3 nitrogen and oxygen atoms in total. The molecule has 0 radical (unpaired) electrons. The summed E-state index contributed by atoms with van der Waals surface area (Å²) >= 11 is 5.75. The van der Waals surface area contributed by atoms with Crippen LogP contribution in [-0.4, -0.2) is 22.2 Å². The maximum Gasteiger partial charge on any atom is 0.230 e. The van der Waals surface area contributed by atoms with Gasteiger partial charge in [-0.15, -0.1) is 0 Å². The molecule has 1 fully saturated rings. The lowest BCUT2D eigenvalue weighted by Gasteiger charge is -2.18. The predicted molar refractivity (Wildman–Crippen MR) is 41.0 cm³/mol. The van der Waals surface area contributed by atoms with Crippen LogP contribution in [0, 0.1) is 0 Å². The van der Waals surface area contributed by atoms with E-state index in [2.05, 4.69) is 0 Å². The van der Waals surface area contributed by atoms with Gasteiger partial charge in [-0.2, -0.15) is 0 Å². The van der Waals surface area contributed by atoms with E-state index in [0.29, 0.717) is 19.3 Å². The fourth-order valence-electron chi connectivity index (χ4n) is 1.09. The number of halogens is 1. The Balaban J connectivity index is 2.68. The van der Waals surface area contributed by atoms with E-state index in [-0.39, 0.29) is 11.8 Å². The molecule has 4 heteroatoms. The first kappa shape index (κ1) is 8.53. The van der Waals surface area contributed by atoms with Crippen molar-refractivity contribution in [3.8, 4) is 0 Å². The summed E-state index contributed by atoms with van der Waals surface area (Å²) in [6, 6.07) is 0. The minimum atomic E-state index is -0.447. The molecule has 1 unspecified atom stereocenters. The molecule has 1 aliphatic rings. The van der Waals surface area contributed by atoms with E-state index in [1.54, 1.807) is 0 Å². The van der Waals surface area contributed by atoms with E-state index in [1.807, 2.05) is 6.92 Å². The lowest BCUT2D eigenvalue weighted by atomic mass is 10.4. The molecule has 0 saturated carbocycles. The van der Waals surface area contributed by atoms with Crippen molar-refractivity contribution in [3.05, 3.63) is 0 Å². The van der Waals surface area contributed by atoms with Crippen molar-refractivity contribution in [2.75, 3.05) is 0 Å². The first-order valence-electron chi connectivity index (χ1n) is 3.65. The molecular formula is C7H10ClNO2. The molecule has 0 aromatic carbocycles. The Morgan fingerprint density at radius 3 is 2.27 bits per heavy atom. The minimum absolute atomic E-state index is 0.142. The Hall–Kier alpha value is -0.570. The molecule has 0 bridgehead atoms. The third kappa shape index (κ3) is 1.53. The van der Waals surface area contributed by atoms with Crippen molar-refractivity contribution in [1.82, 2.24) is 4.90 Å². The Kier molecular flexibility index (Phi) is 2.49. The second-order valence-corrected chi connectivity index (χ2v) is 3.00. The molecule has 1 heterocycles. The van der Waals surface area contributed by atoms with Gasteiger partial charge in [-0.05, 0) is 6.42 Å². The van der Waals surface area contributed by atoms with Crippen LogP contribution in [0.2, 0.25) is 0 Å². The van der Waals surface area contributed by atoms with Crippen molar-refractivity contribution in [3.63, 3.8) is 0 Å². The lowest BCUT2D eigenvalue weighted by Crippen LogP contribution is -2.35. The summed E-state index contributed by atoms with van der Waals surface area (Å²) in [5.74, 6) is -0.284. The zero-order valence-corrected chi connectivity index (χ0v) is 7.10. The summed E-state index contributed by atoms with van der Waals surface area (Å²) < 4.78 is 0. The number of carbonyl (C=O) groups is 2. The molecule has 1 atom stereocenters. The number of likely N-dealkylation sites (tertiary alicyclic amines) is 1.